The van der Waals surface area contributed by atoms with E-state index in [4.69, 9.17) is 21.8 Å². The number of aromatic nitrogens is 2. The van der Waals surface area contributed by atoms with E-state index >= 15 is 0 Å². The molecule has 3 nitrogen and oxygen atoms in total. The highest BCUT2D eigenvalue weighted by atomic mass is 35.5. The van der Waals surface area contributed by atoms with Crippen LogP contribution in [0.25, 0.3) is 23.2 Å². The van der Waals surface area contributed by atoms with Crippen molar-refractivity contribution in [2.75, 3.05) is 0 Å². The van der Waals surface area contributed by atoms with E-state index in [9.17, 15) is 0 Å². The Hall–Kier alpha value is -3.35. The Morgan fingerprint density at radius 1 is 0.963 bits per heavy atom. The van der Waals surface area contributed by atoms with Gasteiger partial charge in [-0.05, 0) is 53.6 Å². The first-order chi connectivity index (χ1) is 13.2. The molecule has 0 saturated carbocycles. The third kappa shape index (κ3) is 3.76. The Morgan fingerprint density at radius 3 is 2.56 bits per heavy atom. The van der Waals surface area contributed by atoms with E-state index in [1.807, 2.05) is 72.8 Å². The minimum Gasteiger partial charge on any atom is -0.320 e. The second-order valence-corrected chi connectivity index (χ2v) is 6.68. The molecule has 4 aromatic rings. The van der Waals surface area contributed by atoms with Crippen LogP contribution in [0.2, 0.25) is 5.02 Å². The van der Waals surface area contributed by atoms with Crippen LogP contribution in [0.3, 0.4) is 0 Å². The standard InChI is InChI=1S/C23H16ClN3/c24-20-5-3-4-19(14-20)16-27-22-7-2-1-6-21(22)26-23(27)13-12-17-8-10-18(15-25)11-9-17/h1-14H,16H2/b13-12+. The van der Waals surface area contributed by atoms with Crippen molar-refractivity contribution in [2.24, 2.45) is 0 Å². The largest absolute Gasteiger partial charge is 0.320 e. The molecule has 0 spiro atoms. The summed E-state index contributed by atoms with van der Waals surface area (Å²) in [5, 5.41) is 9.65. The molecule has 0 saturated heterocycles. The topological polar surface area (TPSA) is 41.6 Å². The lowest BCUT2D eigenvalue weighted by atomic mass is 10.1. The summed E-state index contributed by atoms with van der Waals surface area (Å²) in [6.45, 7) is 0.689. The van der Waals surface area contributed by atoms with Gasteiger partial charge in [0.25, 0.3) is 0 Å². The monoisotopic (exact) mass is 369 g/mol. The number of nitrogens with zero attached hydrogens (tertiary/aromatic N) is 3. The zero-order valence-electron chi connectivity index (χ0n) is 14.5. The molecule has 3 aromatic carbocycles. The van der Waals surface area contributed by atoms with Gasteiger partial charge in [-0.15, -0.1) is 0 Å². The zero-order chi connectivity index (χ0) is 18.6. The van der Waals surface area contributed by atoms with Gasteiger partial charge in [-0.2, -0.15) is 5.26 Å². The molecule has 4 rings (SSSR count). The van der Waals surface area contributed by atoms with E-state index in [0.29, 0.717) is 12.1 Å². The molecule has 0 amide bonds. The molecule has 0 aliphatic carbocycles. The fourth-order valence-corrected chi connectivity index (χ4v) is 3.26. The normalized spacial score (nSPS) is 11.1. The second-order valence-electron chi connectivity index (χ2n) is 6.24. The number of hydrogen-bond acceptors (Lipinski definition) is 2. The van der Waals surface area contributed by atoms with Crippen LogP contribution in [0.5, 0.6) is 0 Å². The molecular formula is C23H16ClN3. The summed E-state index contributed by atoms with van der Waals surface area (Å²) in [7, 11) is 0. The predicted molar refractivity (Wildman–Crippen MR) is 110 cm³/mol. The lowest BCUT2D eigenvalue weighted by Crippen LogP contribution is -2.02. The van der Waals surface area contributed by atoms with Crippen molar-refractivity contribution in [3.63, 3.8) is 0 Å². The van der Waals surface area contributed by atoms with Crippen LogP contribution in [0.1, 0.15) is 22.5 Å². The van der Waals surface area contributed by atoms with Crippen molar-refractivity contribution in [3.8, 4) is 6.07 Å². The summed E-state index contributed by atoms with van der Waals surface area (Å²) >= 11 is 6.15. The molecular weight excluding hydrogens is 354 g/mol. The molecule has 0 aliphatic heterocycles. The number of benzene rings is 3. The summed E-state index contributed by atoms with van der Waals surface area (Å²) in [5.41, 5.74) is 4.84. The number of para-hydroxylation sites is 2. The fraction of sp³-hybridized carbons (Fsp3) is 0.0435. The third-order valence-corrected chi connectivity index (χ3v) is 4.61. The number of fused-ring (bicyclic) bond motifs is 1. The molecule has 1 heterocycles. The Morgan fingerprint density at radius 2 is 1.78 bits per heavy atom. The SMILES string of the molecule is N#Cc1ccc(/C=C/c2nc3ccccc3n2Cc2cccc(Cl)c2)cc1. The molecule has 0 aliphatic rings. The summed E-state index contributed by atoms with van der Waals surface area (Å²) in [5.74, 6) is 0.875. The van der Waals surface area contributed by atoms with Gasteiger partial charge in [0.05, 0.1) is 22.7 Å². The Labute approximate surface area is 162 Å². The van der Waals surface area contributed by atoms with E-state index in [0.717, 1.165) is 33.0 Å². The van der Waals surface area contributed by atoms with Gasteiger partial charge >= 0.3 is 0 Å². The van der Waals surface area contributed by atoms with Crippen LogP contribution in [-0.4, -0.2) is 9.55 Å². The van der Waals surface area contributed by atoms with Gasteiger partial charge in [0.2, 0.25) is 0 Å². The van der Waals surface area contributed by atoms with E-state index in [1.54, 1.807) is 0 Å². The summed E-state index contributed by atoms with van der Waals surface area (Å²) in [6.07, 6.45) is 4.02. The minimum absolute atomic E-state index is 0.653. The van der Waals surface area contributed by atoms with Gasteiger partial charge in [0, 0.05) is 11.6 Å². The first-order valence-corrected chi connectivity index (χ1v) is 8.99. The highest BCUT2D eigenvalue weighted by molar-refractivity contribution is 6.30. The minimum atomic E-state index is 0.653. The molecule has 0 atom stereocenters. The number of rotatable bonds is 4. The molecule has 0 fully saturated rings. The first kappa shape index (κ1) is 17.1. The van der Waals surface area contributed by atoms with Crippen LogP contribution in [0.15, 0.2) is 72.8 Å². The highest BCUT2D eigenvalue weighted by Gasteiger charge is 2.09. The van der Waals surface area contributed by atoms with Gasteiger partial charge in [0.1, 0.15) is 5.82 Å². The maximum atomic E-state index is 8.92. The van der Waals surface area contributed by atoms with E-state index in [-0.39, 0.29) is 0 Å². The molecule has 4 heteroatoms. The molecule has 0 N–H and O–H groups in total. The lowest BCUT2D eigenvalue weighted by Gasteiger charge is -2.08. The van der Waals surface area contributed by atoms with E-state index in [1.165, 1.54) is 0 Å². The molecule has 0 bridgehead atoms. The van der Waals surface area contributed by atoms with Crippen LogP contribution < -0.4 is 0 Å². The smallest absolute Gasteiger partial charge is 0.134 e. The van der Waals surface area contributed by atoms with Crippen molar-refractivity contribution in [2.45, 2.75) is 6.54 Å². The summed E-state index contributed by atoms with van der Waals surface area (Å²) in [4.78, 5) is 4.77. The second kappa shape index (κ2) is 7.49. The van der Waals surface area contributed by atoms with Gasteiger partial charge in [-0.3, -0.25) is 0 Å². The average Bonchev–Trinajstić information content (AvgIpc) is 3.04. The fourth-order valence-electron chi connectivity index (χ4n) is 3.04. The molecule has 1 aromatic heterocycles. The van der Waals surface area contributed by atoms with Crippen molar-refractivity contribution in [1.82, 2.24) is 9.55 Å². The van der Waals surface area contributed by atoms with Gasteiger partial charge in [-0.25, -0.2) is 4.98 Å². The number of nitriles is 1. The molecule has 0 radical (unpaired) electrons. The van der Waals surface area contributed by atoms with E-state index < -0.39 is 0 Å². The highest BCUT2D eigenvalue weighted by Crippen LogP contribution is 2.21. The van der Waals surface area contributed by atoms with Gasteiger partial charge < -0.3 is 4.57 Å². The number of imidazole rings is 1. The van der Waals surface area contributed by atoms with Crippen LogP contribution in [-0.2, 0) is 6.54 Å². The Bertz CT molecular complexity index is 1160. The molecule has 0 unspecified atom stereocenters. The van der Waals surface area contributed by atoms with Gasteiger partial charge in [-0.1, -0.05) is 54.1 Å². The Balaban J connectivity index is 1.73. The average molecular weight is 370 g/mol. The van der Waals surface area contributed by atoms with Crippen molar-refractivity contribution >= 4 is 34.8 Å². The summed E-state index contributed by atoms with van der Waals surface area (Å²) < 4.78 is 2.18. The molecule has 27 heavy (non-hydrogen) atoms. The van der Waals surface area contributed by atoms with Crippen molar-refractivity contribution < 1.29 is 0 Å². The maximum absolute atomic E-state index is 8.92. The van der Waals surface area contributed by atoms with Crippen molar-refractivity contribution in [3.05, 3.63) is 100 Å². The van der Waals surface area contributed by atoms with Crippen LogP contribution in [0, 0.1) is 11.3 Å². The number of hydrogen-bond donors (Lipinski definition) is 0. The predicted octanol–water partition coefficient (Wildman–Crippen LogP) is 5.78. The molecule has 130 valence electrons. The zero-order valence-corrected chi connectivity index (χ0v) is 15.3. The maximum Gasteiger partial charge on any atom is 0.134 e. The van der Waals surface area contributed by atoms with Crippen molar-refractivity contribution in [1.29, 1.82) is 5.26 Å². The van der Waals surface area contributed by atoms with Crippen LogP contribution in [0.4, 0.5) is 0 Å². The van der Waals surface area contributed by atoms with Crippen LogP contribution >= 0.6 is 11.6 Å². The third-order valence-electron chi connectivity index (χ3n) is 4.38. The number of halogens is 1. The first-order valence-electron chi connectivity index (χ1n) is 8.61. The van der Waals surface area contributed by atoms with E-state index in [2.05, 4.69) is 22.8 Å². The van der Waals surface area contributed by atoms with Gasteiger partial charge in [0.15, 0.2) is 0 Å². The Kier molecular flexibility index (Phi) is 4.74. The quantitative estimate of drug-likeness (QED) is 0.457. The lowest BCUT2D eigenvalue weighted by molar-refractivity contribution is 0.814. The summed E-state index contributed by atoms with van der Waals surface area (Å²) in [6, 6.07) is 25.6.